The Morgan fingerprint density at radius 3 is 2.60 bits per heavy atom. The standard InChI is InChI=1S/C7H11NO2/c1-2-3-8(9)4-6-10-7-5-8/h1H,3-7H2. The van der Waals surface area contributed by atoms with Crippen molar-refractivity contribution in [3.05, 3.63) is 5.21 Å². The molecule has 1 aliphatic rings. The number of terminal acetylenes is 1. The maximum absolute atomic E-state index is 11.4. The van der Waals surface area contributed by atoms with Gasteiger partial charge in [-0.05, 0) is 5.92 Å². The van der Waals surface area contributed by atoms with Gasteiger partial charge in [-0.3, -0.25) is 0 Å². The average Bonchev–Trinajstić information content (AvgIpc) is 1.89. The van der Waals surface area contributed by atoms with Crippen LogP contribution in [0.3, 0.4) is 0 Å². The average molecular weight is 141 g/mol. The monoisotopic (exact) mass is 141 g/mol. The van der Waals surface area contributed by atoms with Crippen LogP contribution in [-0.4, -0.2) is 37.5 Å². The van der Waals surface area contributed by atoms with Gasteiger partial charge in [0, 0.05) is 0 Å². The van der Waals surface area contributed by atoms with Crippen molar-refractivity contribution in [3.8, 4) is 12.3 Å². The Morgan fingerprint density at radius 2 is 2.10 bits per heavy atom. The van der Waals surface area contributed by atoms with E-state index in [1.165, 1.54) is 0 Å². The molecule has 3 nitrogen and oxygen atoms in total. The Labute approximate surface area is 60.8 Å². The van der Waals surface area contributed by atoms with Gasteiger partial charge in [-0.25, -0.2) is 0 Å². The number of hydrogen-bond donors (Lipinski definition) is 0. The van der Waals surface area contributed by atoms with Gasteiger partial charge in [0.05, 0.1) is 13.2 Å². The first kappa shape index (κ1) is 7.55. The lowest BCUT2D eigenvalue weighted by Gasteiger charge is -2.43. The molecule has 0 unspecified atom stereocenters. The summed E-state index contributed by atoms with van der Waals surface area (Å²) in [5, 5.41) is 11.4. The first-order valence-electron chi connectivity index (χ1n) is 3.35. The summed E-state index contributed by atoms with van der Waals surface area (Å²) in [6, 6.07) is 0. The predicted octanol–water partition coefficient (Wildman–Crippen LogP) is -0.0356. The van der Waals surface area contributed by atoms with Gasteiger partial charge in [0.2, 0.25) is 0 Å². The third kappa shape index (κ3) is 1.71. The number of morpholine rings is 1. The first-order chi connectivity index (χ1) is 4.77. The highest BCUT2D eigenvalue weighted by Crippen LogP contribution is 2.06. The number of ether oxygens (including phenoxy) is 1. The van der Waals surface area contributed by atoms with Crippen molar-refractivity contribution in [2.24, 2.45) is 0 Å². The van der Waals surface area contributed by atoms with E-state index >= 15 is 0 Å². The summed E-state index contributed by atoms with van der Waals surface area (Å²) in [7, 11) is 0. The molecule has 10 heavy (non-hydrogen) atoms. The Bertz CT molecular complexity index is 144. The van der Waals surface area contributed by atoms with Crippen LogP contribution in [0.2, 0.25) is 0 Å². The van der Waals surface area contributed by atoms with Gasteiger partial charge in [0.25, 0.3) is 0 Å². The molecular weight excluding hydrogens is 130 g/mol. The van der Waals surface area contributed by atoms with E-state index in [9.17, 15) is 5.21 Å². The summed E-state index contributed by atoms with van der Waals surface area (Å²) in [5.74, 6) is 2.38. The zero-order chi connectivity index (χ0) is 7.45. The van der Waals surface area contributed by atoms with Crippen molar-refractivity contribution in [2.75, 3.05) is 32.8 Å². The van der Waals surface area contributed by atoms with Crippen LogP contribution in [0.5, 0.6) is 0 Å². The van der Waals surface area contributed by atoms with Gasteiger partial charge in [-0.2, -0.15) is 0 Å². The Hall–Kier alpha value is -0.560. The van der Waals surface area contributed by atoms with Crippen LogP contribution in [0.25, 0.3) is 0 Å². The number of quaternary nitrogens is 1. The van der Waals surface area contributed by atoms with E-state index in [-0.39, 0.29) is 11.2 Å². The second kappa shape index (κ2) is 3.02. The molecule has 0 radical (unpaired) electrons. The molecule has 0 amide bonds. The zero-order valence-corrected chi connectivity index (χ0v) is 5.88. The summed E-state index contributed by atoms with van der Waals surface area (Å²) in [6.45, 7) is 2.38. The van der Waals surface area contributed by atoms with Crippen LogP contribution in [-0.2, 0) is 4.74 Å². The van der Waals surface area contributed by atoms with E-state index in [1.807, 2.05) is 0 Å². The Morgan fingerprint density at radius 1 is 1.50 bits per heavy atom. The van der Waals surface area contributed by atoms with E-state index in [0.29, 0.717) is 26.3 Å². The van der Waals surface area contributed by atoms with Crippen molar-refractivity contribution in [1.82, 2.24) is 0 Å². The minimum atomic E-state index is -0.267. The van der Waals surface area contributed by atoms with Crippen LogP contribution < -0.4 is 0 Å². The van der Waals surface area contributed by atoms with Gasteiger partial charge in [0.15, 0.2) is 0 Å². The Balaban J connectivity index is 2.42. The highest BCUT2D eigenvalue weighted by molar-refractivity contribution is 4.84. The maximum Gasteiger partial charge on any atom is 0.140 e. The molecule has 1 saturated heterocycles. The largest absolute Gasteiger partial charge is 0.632 e. The number of hydroxylamine groups is 3. The lowest BCUT2D eigenvalue weighted by atomic mass is 10.4. The van der Waals surface area contributed by atoms with E-state index < -0.39 is 0 Å². The number of nitrogens with zero attached hydrogens (tertiary/aromatic N) is 1. The predicted molar refractivity (Wildman–Crippen MR) is 37.9 cm³/mol. The summed E-state index contributed by atoms with van der Waals surface area (Å²) < 4.78 is 4.76. The van der Waals surface area contributed by atoms with Crippen molar-refractivity contribution in [3.63, 3.8) is 0 Å². The fourth-order valence-electron chi connectivity index (χ4n) is 1.00. The molecule has 0 aromatic heterocycles. The van der Waals surface area contributed by atoms with Gasteiger partial charge >= 0.3 is 0 Å². The summed E-state index contributed by atoms with van der Waals surface area (Å²) in [6.07, 6.45) is 5.04. The number of hydrogen-bond acceptors (Lipinski definition) is 2. The van der Waals surface area contributed by atoms with E-state index in [1.54, 1.807) is 0 Å². The summed E-state index contributed by atoms with van der Waals surface area (Å²) >= 11 is 0. The SMILES string of the molecule is C#CC[N+]1([O-])CCOCC1. The molecule has 1 fully saturated rings. The summed E-state index contributed by atoms with van der Waals surface area (Å²) in [4.78, 5) is 0. The van der Waals surface area contributed by atoms with Crippen molar-refractivity contribution in [1.29, 1.82) is 0 Å². The Kier molecular flexibility index (Phi) is 2.28. The molecule has 1 rings (SSSR count). The third-order valence-corrected chi connectivity index (χ3v) is 1.67. The molecule has 1 aliphatic heterocycles. The van der Waals surface area contributed by atoms with Crippen LogP contribution >= 0.6 is 0 Å². The van der Waals surface area contributed by atoms with Crippen LogP contribution in [0.4, 0.5) is 0 Å². The maximum atomic E-state index is 11.4. The fourth-order valence-corrected chi connectivity index (χ4v) is 1.00. The van der Waals surface area contributed by atoms with Crippen LogP contribution in [0.15, 0.2) is 0 Å². The van der Waals surface area contributed by atoms with Gasteiger partial charge in [-0.1, -0.05) is 0 Å². The van der Waals surface area contributed by atoms with E-state index in [4.69, 9.17) is 11.2 Å². The molecule has 0 aromatic carbocycles. The van der Waals surface area contributed by atoms with Crippen molar-refractivity contribution in [2.45, 2.75) is 0 Å². The molecule has 0 aliphatic carbocycles. The molecule has 0 aromatic rings. The molecule has 0 spiro atoms. The second-order valence-electron chi connectivity index (χ2n) is 2.48. The molecule has 1 heterocycles. The molecule has 0 N–H and O–H groups in total. The lowest BCUT2D eigenvalue weighted by molar-refractivity contribution is -0.881. The van der Waals surface area contributed by atoms with Gasteiger partial charge in [0.1, 0.15) is 19.6 Å². The fraction of sp³-hybridized carbons (Fsp3) is 0.714. The van der Waals surface area contributed by atoms with E-state index in [2.05, 4.69) is 5.92 Å². The molecule has 0 bridgehead atoms. The minimum absolute atomic E-state index is 0.267. The normalized spacial score (nSPS) is 23.6. The second-order valence-corrected chi connectivity index (χ2v) is 2.48. The smallest absolute Gasteiger partial charge is 0.140 e. The molecule has 0 atom stereocenters. The highest BCUT2D eigenvalue weighted by Gasteiger charge is 2.18. The molecule has 3 heteroatoms. The highest BCUT2D eigenvalue weighted by atomic mass is 16.6. The van der Waals surface area contributed by atoms with Gasteiger partial charge in [-0.15, -0.1) is 6.42 Å². The van der Waals surface area contributed by atoms with Crippen molar-refractivity contribution >= 4 is 0 Å². The summed E-state index contributed by atoms with van der Waals surface area (Å²) in [5.41, 5.74) is 0. The first-order valence-corrected chi connectivity index (χ1v) is 3.35. The van der Waals surface area contributed by atoms with Crippen molar-refractivity contribution < 1.29 is 9.38 Å². The van der Waals surface area contributed by atoms with Crippen LogP contribution in [0, 0.1) is 17.6 Å². The quantitative estimate of drug-likeness (QED) is 0.291. The topological polar surface area (TPSA) is 32.3 Å². The lowest BCUT2D eigenvalue weighted by Crippen LogP contribution is -2.50. The molecular formula is C7H11NO2. The molecule has 56 valence electrons. The van der Waals surface area contributed by atoms with Crippen LogP contribution in [0.1, 0.15) is 0 Å². The minimum Gasteiger partial charge on any atom is -0.632 e. The number of rotatable bonds is 1. The zero-order valence-electron chi connectivity index (χ0n) is 5.88. The van der Waals surface area contributed by atoms with Gasteiger partial charge < -0.3 is 14.6 Å². The van der Waals surface area contributed by atoms with E-state index in [0.717, 1.165) is 0 Å². The third-order valence-electron chi connectivity index (χ3n) is 1.67. The molecule has 0 saturated carbocycles.